The number of nitrogens with one attached hydrogen (secondary N) is 2. The average molecular weight is 380 g/mol. The van der Waals surface area contributed by atoms with Gasteiger partial charge in [-0.3, -0.25) is 10.1 Å². The van der Waals surface area contributed by atoms with Crippen LogP contribution in [0.25, 0.3) is 10.8 Å². The van der Waals surface area contributed by atoms with Crippen LogP contribution in [0.3, 0.4) is 0 Å². The van der Waals surface area contributed by atoms with Gasteiger partial charge in [0.15, 0.2) is 0 Å². The minimum atomic E-state index is -0.467. The highest BCUT2D eigenvalue weighted by Gasteiger charge is 2.23. The van der Waals surface area contributed by atoms with E-state index in [9.17, 15) is 4.79 Å². The highest BCUT2D eigenvalue weighted by atomic mass is 16.2. The van der Waals surface area contributed by atoms with Crippen LogP contribution in [0.4, 0.5) is 5.69 Å². The number of para-hydroxylation sites is 1. The molecule has 0 aliphatic carbocycles. The number of anilines is 1. The lowest BCUT2D eigenvalue weighted by molar-refractivity contribution is -0.118. The van der Waals surface area contributed by atoms with E-state index in [1.165, 1.54) is 16.3 Å². The van der Waals surface area contributed by atoms with Crippen molar-refractivity contribution >= 4 is 22.4 Å². The Morgan fingerprint density at radius 3 is 2.10 bits per heavy atom. The second-order valence-corrected chi connectivity index (χ2v) is 7.16. The third-order valence-electron chi connectivity index (χ3n) is 5.14. The molecule has 0 bridgehead atoms. The smallest absolute Gasteiger partial charge is 0.246 e. The molecule has 144 valence electrons. The van der Waals surface area contributed by atoms with Crippen LogP contribution in [0.1, 0.15) is 30.1 Å². The van der Waals surface area contributed by atoms with E-state index in [4.69, 9.17) is 0 Å². The quantitative estimate of drug-likeness (QED) is 0.439. The lowest BCUT2D eigenvalue weighted by Crippen LogP contribution is -2.34. The Hall–Kier alpha value is -3.43. The Labute approximate surface area is 171 Å². The molecular formula is C26H24N2O. The van der Waals surface area contributed by atoms with Crippen molar-refractivity contribution in [3.63, 3.8) is 0 Å². The number of carbonyl (C=O) groups is 1. The van der Waals surface area contributed by atoms with Crippen LogP contribution in [0.5, 0.6) is 0 Å². The SMILES string of the molecule is C[C@@H](NC(C(=O)Nc1ccccc1)c1ccccc1)c1cccc2ccccc12. The van der Waals surface area contributed by atoms with Gasteiger partial charge >= 0.3 is 0 Å². The van der Waals surface area contributed by atoms with E-state index < -0.39 is 6.04 Å². The molecule has 0 aliphatic heterocycles. The summed E-state index contributed by atoms with van der Waals surface area (Å²) in [5.74, 6) is -0.0745. The van der Waals surface area contributed by atoms with Crippen molar-refractivity contribution in [2.24, 2.45) is 0 Å². The van der Waals surface area contributed by atoms with Gasteiger partial charge in [-0.25, -0.2) is 0 Å². The summed E-state index contributed by atoms with van der Waals surface area (Å²) in [5, 5.41) is 8.98. The molecule has 0 aromatic heterocycles. The molecule has 2 atom stereocenters. The van der Waals surface area contributed by atoms with Crippen LogP contribution in [0, 0.1) is 0 Å². The predicted molar refractivity (Wildman–Crippen MR) is 120 cm³/mol. The molecule has 0 saturated heterocycles. The van der Waals surface area contributed by atoms with Gasteiger partial charge in [-0.1, -0.05) is 91.0 Å². The van der Waals surface area contributed by atoms with Crippen LogP contribution in [-0.4, -0.2) is 5.91 Å². The Morgan fingerprint density at radius 1 is 0.724 bits per heavy atom. The summed E-state index contributed by atoms with van der Waals surface area (Å²) in [6, 6.07) is 33.6. The maximum Gasteiger partial charge on any atom is 0.246 e. The molecule has 2 N–H and O–H groups in total. The number of hydrogen-bond donors (Lipinski definition) is 2. The fraction of sp³-hybridized carbons (Fsp3) is 0.115. The molecule has 0 fully saturated rings. The van der Waals surface area contributed by atoms with Crippen LogP contribution in [0.15, 0.2) is 103 Å². The molecule has 4 rings (SSSR count). The molecule has 4 aromatic carbocycles. The van der Waals surface area contributed by atoms with Gasteiger partial charge in [0.05, 0.1) is 0 Å². The highest BCUT2D eigenvalue weighted by molar-refractivity contribution is 5.95. The van der Waals surface area contributed by atoms with Crippen molar-refractivity contribution in [3.05, 3.63) is 114 Å². The maximum atomic E-state index is 13.2. The molecule has 3 nitrogen and oxygen atoms in total. The summed E-state index contributed by atoms with van der Waals surface area (Å²) in [6.07, 6.45) is 0. The monoisotopic (exact) mass is 380 g/mol. The summed E-state index contributed by atoms with van der Waals surface area (Å²) >= 11 is 0. The maximum absolute atomic E-state index is 13.2. The first-order valence-corrected chi connectivity index (χ1v) is 9.87. The van der Waals surface area contributed by atoms with Gasteiger partial charge in [-0.15, -0.1) is 0 Å². The fourth-order valence-electron chi connectivity index (χ4n) is 3.67. The Balaban J connectivity index is 1.63. The van der Waals surface area contributed by atoms with Crippen LogP contribution in [0.2, 0.25) is 0 Å². The summed E-state index contributed by atoms with van der Waals surface area (Å²) < 4.78 is 0. The normalized spacial score (nSPS) is 13.0. The predicted octanol–water partition coefficient (Wildman–Crippen LogP) is 5.87. The zero-order valence-electron chi connectivity index (χ0n) is 16.4. The second-order valence-electron chi connectivity index (χ2n) is 7.16. The molecule has 1 amide bonds. The van der Waals surface area contributed by atoms with Crippen molar-refractivity contribution in [3.8, 4) is 0 Å². The fourth-order valence-corrected chi connectivity index (χ4v) is 3.67. The third kappa shape index (κ3) is 4.36. The summed E-state index contributed by atoms with van der Waals surface area (Å²) in [5.41, 5.74) is 2.91. The number of fused-ring (bicyclic) bond motifs is 1. The first-order valence-electron chi connectivity index (χ1n) is 9.87. The van der Waals surface area contributed by atoms with Crippen LogP contribution < -0.4 is 10.6 Å². The van der Waals surface area contributed by atoms with Gasteiger partial charge in [-0.05, 0) is 41.0 Å². The van der Waals surface area contributed by atoms with Crippen molar-refractivity contribution in [2.75, 3.05) is 5.32 Å². The largest absolute Gasteiger partial charge is 0.324 e. The minimum absolute atomic E-state index is 0.00664. The lowest BCUT2D eigenvalue weighted by Gasteiger charge is -2.24. The number of amides is 1. The molecule has 0 heterocycles. The second kappa shape index (κ2) is 8.72. The van der Waals surface area contributed by atoms with Gasteiger partial charge in [-0.2, -0.15) is 0 Å². The van der Waals surface area contributed by atoms with Gasteiger partial charge in [0, 0.05) is 11.7 Å². The van der Waals surface area contributed by atoms with Crippen molar-refractivity contribution in [1.82, 2.24) is 5.32 Å². The van der Waals surface area contributed by atoms with Gasteiger partial charge in [0.2, 0.25) is 5.91 Å². The van der Waals surface area contributed by atoms with Crippen molar-refractivity contribution in [1.29, 1.82) is 0 Å². The van der Waals surface area contributed by atoms with Gasteiger partial charge in [0.1, 0.15) is 6.04 Å². The van der Waals surface area contributed by atoms with E-state index in [0.29, 0.717) is 0 Å². The Morgan fingerprint density at radius 2 is 1.34 bits per heavy atom. The molecule has 29 heavy (non-hydrogen) atoms. The van der Waals surface area contributed by atoms with E-state index in [2.05, 4.69) is 54.0 Å². The van der Waals surface area contributed by atoms with E-state index in [1.54, 1.807) is 0 Å². The zero-order valence-corrected chi connectivity index (χ0v) is 16.4. The molecule has 1 unspecified atom stereocenters. The molecule has 0 radical (unpaired) electrons. The number of benzene rings is 4. The standard InChI is InChI=1S/C26H24N2O/c1-19(23-18-10-14-20-11-8-9-17-24(20)23)27-25(21-12-4-2-5-13-21)26(29)28-22-15-6-3-7-16-22/h2-19,25,27H,1H3,(H,28,29)/t19-,25?/m1/s1. The molecule has 0 saturated carbocycles. The topological polar surface area (TPSA) is 41.1 Å². The first-order chi connectivity index (χ1) is 14.2. The Bertz CT molecular complexity index is 1090. The summed E-state index contributed by atoms with van der Waals surface area (Å²) in [6.45, 7) is 2.10. The molecule has 4 aromatic rings. The van der Waals surface area contributed by atoms with Crippen LogP contribution >= 0.6 is 0 Å². The number of carbonyl (C=O) groups excluding carboxylic acids is 1. The highest BCUT2D eigenvalue weighted by Crippen LogP contribution is 2.27. The zero-order chi connectivity index (χ0) is 20.1. The molecule has 3 heteroatoms. The Kier molecular flexibility index (Phi) is 5.68. The summed E-state index contributed by atoms with van der Waals surface area (Å²) in [4.78, 5) is 13.2. The molecule has 0 aliphatic rings. The lowest BCUT2D eigenvalue weighted by atomic mass is 9.97. The van der Waals surface area contributed by atoms with Gasteiger partial charge < -0.3 is 5.32 Å². The molecule has 0 spiro atoms. The first kappa shape index (κ1) is 18.9. The van der Waals surface area contributed by atoms with Crippen molar-refractivity contribution in [2.45, 2.75) is 19.0 Å². The van der Waals surface area contributed by atoms with E-state index in [1.807, 2.05) is 66.7 Å². The minimum Gasteiger partial charge on any atom is -0.324 e. The average Bonchev–Trinajstić information content (AvgIpc) is 2.78. The number of rotatable bonds is 6. The van der Waals surface area contributed by atoms with E-state index in [-0.39, 0.29) is 11.9 Å². The molecular weight excluding hydrogens is 356 g/mol. The van der Waals surface area contributed by atoms with Crippen LogP contribution in [-0.2, 0) is 4.79 Å². The van der Waals surface area contributed by atoms with E-state index in [0.717, 1.165) is 11.3 Å². The summed E-state index contributed by atoms with van der Waals surface area (Å²) in [7, 11) is 0. The third-order valence-corrected chi connectivity index (χ3v) is 5.14. The van der Waals surface area contributed by atoms with E-state index >= 15 is 0 Å². The number of hydrogen-bond acceptors (Lipinski definition) is 2. The van der Waals surface area contributed by atoms with Crippen molar-refractivity contribution < 1.29 is 4.79 Å². The van der Waals surface area contributed by atoms with Gasteiger partial charge in [0.25, 0.3) is 0 Å².